The minimum absolute atomic E-state index is 0.344. The highest BCUT2D eigenvalue weighted by atomic mass is 28.3. The van der Waals surface area contributed by atoms with Crippen LogP contribution in [0, 0.1) is 0 Å². The third-order valence-corrected chi connectivity index (χ3v) is 3.02. The summed E-state index contributed by atoms with van der Waals surface area (Å²) >= 11 is 0. The molecular formula is C9H16O2Si. The quantitative estimate of drug-likeness (QED) is 0.290. The van der Waals surface area contributed by atoms with E-state index in [4.69, 9.17) is 4.74 Å². The van der Waals surface area contributed by atoms with E-state index >= 15 is 0 Å². The fourth-order valence-electron chi connectivity index (χ4n) is 0.583. The van der Waals surface area contributed by atoms with Crippen LogP contribution in [0.15, 0.2) is 18.4 Å². The summed E-state index contributed by atoms with van der Waals surface area (Å²) in [5.41, 5.74) is 2.38. The van der Waals surface area contributed by atoms with E-state index in [2.05, 4.69) is 32.0 Å². The third-order valence-electron chi connectivity index (χ3n) is 1.32. The van der Waals surface area contributed by atoms with Crippen LogP contribution in [0.5, 0.6) is 0 Å². The maximum absolute atomic E-state index is 10.8. The van der Waals surface area contributed by atoms with E-state index in [0.29, 0.717) is 6.61 Å². The van der Waals surface area contributed by atoms with Gasteiger partial charge in [-0.25, -0.2) is 4.79 Å². The standard InChI is InChI=1S/C9H16O2Si/c1-5-6-9(10)11-7-8-12(2,3)4/h6H,1,7-8H2,2-4H3. The van der Waals surface area contributed by atoms with Gasteiger partial charge in [-0.05, 0) is 6.04 Å². The van der Waals surface area contributed by atoms with Gasteiger partial charge in [0.15, 0.2) is 0 Å². The first-order valence-electron chi connectivity index (χ1n) is 3.98. The minimum Gasteiger partial charge on any atom is -0.462 e. The molecule has 12 heavy (non-hydrogen) atoms. The van der Waals surface area contributed by atoms with Crippen LogP contribution in [0.4, 0.5) is 0 Å². The van der Waals surface area contributed by atoms with Gasteiger partial charge < -0.3 is 4.74 Å². The van der Waals surface area contributed by atoms with Gasteiger partial charge in [-0.2, -0.15) is 0 Å². The first-order valence-corrected chi connectivity index (χ1v) is 7.69. The molecule has 0 amide bonds. The van der Waals surface area contributed by atoms with Crippen LogP contribution >= 0.6 is 0 Å². The highest BCUT2D eigenvalue weighted by Gasteiger charge is 2.12. The number of esters is 1. The van der Waals surface area contributed by atoms with Crippen LogP contribution in [-0.4, -0.2) is 20.7 Å². The summed E-state index contributed by atoms with van der Waals surface area (Å²) in [6, 6.07) is 1.00. The van der Waals surface area contributed by atoms with Gasteiger partial charge in [-0.1, -0.05) is 26.2 Å². The van der Waals surface area contributed by atoms with E-state index < -0.39 is 8.07 Å². The van der Waals surface area contributed by atoms with E-state index in [1.165, 1.54) is 6.08 Å². The Kier molecular flexibility index (Phi) is 4.63. The molecule has 0 rings (SSSR count). The summed E-state index contributed by atoms with van der Waals surface area (Å²) in [5.74, 6) is -0.344. The maximum Gasteiger partial charge on any atom is 0.338 e. The van der Waals surface area contributed by atoms with Gasteiger partial charge in [0.25, 0.3) is 0 Å². The second kappa shape index (κ2) is 4.96. The molecule has 0 aromatic rings. The Bertz CT molecular complexity index is 197. The largest absolute Gasteiger partial charge is 0.462 e. The van der Waals surface area contributed by atoms with E-state index in [1.54, 1.807) is 0 Å². The van der Waals surface area contributed by atoms with Gasteiger partial charge in [-0.15, -0.1) is 5.73 Å². The minimum atomic E-state index is -1.07. The van der Waals surface area contributed by atoms with E-state index in [1.807, 2.05) is 0 Å². The van der Waals surface area contributed by atoms with Gasteiger partial charge in [0.2, 0.25) is 0 Å². The number of rotatable bonds is 4. The molecule has 0 N–H and O–H groups in total. The Hall–Kier alpha value is -0.793. The normalized spacial score (nSPS) is 10.2. The lowest BCUT2D eigenvalue weighted by molar-refractivity contribution is -0.137. The second-order valence-corrected chi connectivity index (χ2v) is 9.45. The van der Waals surface area contributed by atoms with Crippen molar-refractivity contribution in [1.29, 1.82) is 0 Å². The van der Waals surface area contributed by atoms with Gasteiger partial charge in [-0.3, -0.25) is 0 Å². The zero-order valence-electron chi connectivity index (χ0n) is 8.02. The predicted octanol–water partition coefficient (Wildman–Crippen LogP) is 2.21. The highest BCUT2D eigenvalue weighted by molar-refractivity contribution is 6.76. The summed E-state index contributed by atoms with van der Waals surface area (Å²) < 4.78 is 4.90. The zero-order chi connectivity index (χ0) is 9.61. The number of hydrogen-bond acceptors (Lipinski definition) is 2. The molecule has 68 valence electrons. The van der Waals surface area contributed by atoms with Crippen molar-refractivity contribution in [2.45, 2.75) is 25.7 Å². The topological polar surface area (TPSA) is 26.3 Å². The van der Waals surface area contributed by atoms with Gasteiger partial charge in [0.05, 0.1) is 12.7 Å². The molecule has 0 radical (unpaired) electrons. The first kappa shape index (κ1) is 11.2. The summed E-state index contributed by atoms with van der Waals surface area (Å²) in [6.07, 6.45) is 1.21. The molecule has 0 heterocycles. The van der Waals surface area contributed by atoms with E-state index in [-0.39, 0.29) is 5.97 Å². The fourth-order valence-corrected chi connectivity index (χ4v) is 1.30. The molecule has 0 saturated heterocycles. The summed E-state index contributed by atoms with van der Waals surface area (Å²) in [6.45, 7) is 10.5. The molecular weight excluding hydrogens is 168 g/mol. The molecule has 0 aromatic carbocycles. The molecule has 0 aliphatic rings. The Morgan fingerprint density at radius 3 is 2.58 bits per heavy atom. The lowest BCUT2D eigenvalue weighted by Gasteiger charge is -2.14. The monoisotopic (exact) mass is 184 g/mol. The van der Waals surface area contributed by atoms with Crippen molar-refractivity contribution in [2.75, 3.05) is 6.61 Å². The van der Waals surface area contributed by atoms with E-state index in [9.17, 15) is 4.79 Å². The second-order valence-electron chi connectivity index (χ2n) is 3.83. The number of ether oxygens (including phenoxy) is 1. The Morgan fingerprint density at radius 1 is 1.58 bits per heavy atom. The van der Waals surface area contributed by atoms with Gasteiger partial charge >= 0.3 is 5.97 Å². The molecule has 0 unspecified atom stereocenters. The lowest BCUT2D eigenvalue weighted by Crippen LogP contribution is -2.22. The molecule has 0 aliphatic carbocycles. The molecule has 0 atom stereocenters. The highest BCUT2D eigenvalue weighted by Crippen LogP contribution is 2.07. The molecule has 3 heteroatoms. The average Bonchev–Trinajstić information content (AvgIpc) is 1.84. The average molecular weight is 184 g/mol. The van der Waals surface area contributed by atoms with Crippen LogP contribution in [0.3, 0.4) is 0 Å². The molecule has 0 spiro atoms. The SMILES string of the molecule is C=C=CC(=O)OCC[Si](C)(C)C. The van der Waals surface area contributed by atoms with Crippen molar-refractivity contribution in [3.63, 3.8) is 0 Å². The smallest absolute Gasteiger partial charge is 0.338 e. The number of hydrogen-bond donors (Lipinski definition) is 0. The fraction of sp³-hybridized carbons (Fsp3) is 0.556. The molecule has 0 bridgehead atoms. The van der Waals surface area contributed by atoms with Crippen molar-refractivity contribution >= 4 is 14.0 Å². The summed E-state index contributed by atoms with van der Waals surface area (Å²) in [5, 5.41) is 0. The van der Waals surface area contributed by atoms with Crippen LogP contribution in [0.2, 0.25) is 25.7 Å². The van der Waals surface area contributed by atoms with Crippen LogP contribution < -0.4 is 0 Å². The number of carbonyl (C=O) groups excluding carboxylic acids is 1. The van der Waals surface area contributed by atoms with Crippen molar-refractivity contribution in [2.24, 2.45) is 0 Å². The molecule has 0 fully saturated rings. The van der Waals surface area contributed by atoms with Crippen LogP contribution in [0.1, 0.15) is 0 Å². The van der Waals surface area contributed by atoms with Crippen molar-refractivity contribution in [3.05, 3.63) is 18.4 Å². The third kappa shape index (κ3) is 7.32. The Labute approximate surface area is 74.9 Å². The van der Waals surface area contributed by atoms with Gasteiger partial charge in [0, 0.05) is 8.07 Å². The van der Waals surface area contributed by atoms with Crippen molar-refractivity contribution < 1.29 is 9.53 Å². The molecule has 0 aromatic heterocycles. The zero-order valence-corrected chi connectivity index (χ0v) is 9.02. The van der Waals surface area contributed by atoms with Gasteiger partial charge in [0.1, 0.15) is 0 Å². The van der Waals surface area contributed by atoms with Crippen molar-refractivity contribution in [3.8, 4) is 0 Å². The molecule has 2 nitrogen and oxygen atoms in total. The van der Waals surface area contributed by atoms with Crippen LogP contribution in [0.25, 0.3) is 0 Å². The Morgan fingerprint density at radius 2 is 2.17 bits per heavy atom. The van der Waals surface area contributed by atoms with Crippen molar-refractivity contribution in [1.82, 2.24) is 0 Å². The summed E-state index contributed by atoms with van der Waals surface area (Å²) in [4.78, 5) is 10.8. The lowest BCUT2D eigenvalue weighted by atomic mass is 10.6. The maximum atomic E-state index is 10.8. The molecule has 0 aliphatic heterocycles. The number of carbonyl (C=O) groups is 1. The first-order chi connectivity index (χ1) is 5.45. The Balaban J connectivity index is 3.57. The predicted molar refractivity (Wildman–Crippen MR) is 52.8 cm³/mol. The van der Waals surface area contributed by atoms with E-state index in [0.717, 1.165) is 6.04 Å². The van der Waals surface area contributed by atoms with Crippen LogP contribution in [-0.2, 0) is 9.53 Å². The molecule has 0 saturated carbocycles. The summed E-state index contributed by atoms with van der Waals surface area (Å²) in [7, 11) is -1.07.